The van der Waals surface area contributed by atoms with Gasteiger partial charge in [0.15, 0.2) is 11.5 Å². The third-order valence-corrected chi connectivity index (χ3v) is 6.12. The molecular weight excluding hydrogens is 408 g/mol. The van der Waals surface area contributed by atoms with Crippen LogP contribution in [-0.4, -0.2) is 59.2 Å². The number of aromatic nitrogens is 2. The predicted octanol–water partition coefficient (Wildman–Crippen LogP) is 2.06. The molecule has 32 heavy (non-hydrogen) atoms. The van der Waals surface area contributed by atoms with Crippen LogP contribution < -0.4 is 20.3 Å². The van der Waals surface area contributed by atoms with Crippen LogP contribution >= 0.6 is 0 Å². The maximum Gasteiger partial charge on any atom is 0.269 e. The first kappa shape index (κ1) is 20.5. The van der Waals surface area contributed by atoms with Gasteiger partial charge in [-0.3, -0.25) is 9.59 Å². The lowest BCUT2D eigenvalue weighted by Gasteiger charge is -2.32. The summed E-state index contributed by atoms with van der Waals surface area (Å²) in [4.78, 5) is 31.6. The van der Waals surface area contributed by atoms with Crippen molar-refractivity contribution in [3.05, 3.63) is 64.6 Å². The number of hydrogen-bond donors (Lipinski definition) is 1. The van der Waals surface area contributed by atoms with Crippen LogP contribution in [0.1, 0.15) is 23.2 Å². The van der Waals surface area contributed by atoms with Crippen LogP contribution in [0.3, 0.4) is 0 Å². The minimum atomic E-state index is -0.0877. The molecule has 3 heterocycles. The van der Waals surface area contributed by atoms with Crippen molar-refractivity contribution in [2.24, 2.45) is 0 Å². The standard InChI is InChI=1S/C24H26N4O4/c29-23-16-25-19-3-1-2-4-20(19)28(23)12-11-27-9-7-18(8-10-27)26-24(30)17-5-6-21-22(15-17)32-14-13-31-21/h1-6,15-16,18H,7-14H2,(H,26,30). The van der Waals surface area contributed by atoms with E-state index in [4.69, 9.17) is 9.47 Å². The van der Waals surface area contributed by atoms with Gasteiger partial charge in [0.05, 0.1) is 17.2 Å². The summed E-state index contributed by atoms with van der Waals surface area (Å²) in [7, 11) is 0. The van der Waals surface area contributed by atoms with Crippen LogP contribution in [-0.2, 0) is 6.54 Å². The molecule has 1 aromatic heterocycles. The van der Waals surface area contributed by atoms with Crippen molar-refractivity contribution in [1.82, 2.24) is 19.8 Å². The lowest BCUT2D eigenvalue weighted by Crippen LogP contribution is -2.45. The number of carbonyl (C=O) groups is 1. The number of piperidine rings is 1. The minimum absolute atomic E-state index is 0.0784. The first-order valence-corrected chi connectivity index (χ1v) is 11.0. The minimum Gasteiger partial charge on any atom is -0.486 e. The molecule has 0 aliphatic carbocycles. The zero-order valence-corrected chi connectivity index (χ0v) is 17.8. The molecule has 1 saturated heterocycles. The van der Waals surface area contributed by atoms with E-state index in [1.165, 1.54) is 6.20 Å². The number of ether oxygens (including phenoxy) is 2. The Labute approximate surface area is 185 Å². The van der Waals surface area contributed by atoms with Crippen LogP contribution in [0.15, 0.2) is 53.5 Å². The Balaban J connectivity index is 1.15. The smallest absolute Gasteiger partial charge is 0.269 e. The van der Waals surface area contributed by atoms with Gasteiger partial charge < -0.3 is 24.3 Å². The van der Waals surface area contributed by atoms with Crippen molar-refractivity contribution in [1.29, 1.82) is 0 Å². The maximum atomic E-state index is 12.7. The molecule has 0 saturated carbocycles. The van der Waals surface area contributed by atoms with Gasteiger partial charge in [0.25, 0.3) is 11.5 Å². The number of benzene rings is 2. The molecule has 0 atom stereocenters. The Morgan fingerprint density at radius 2 is 1.81 bits per heavy atom. The molecule has 166 valence electrons. The second-order valence-corrected chi connectivity index (χ2v) is 8.18. The molecule has 2 aliphatic rings. The molecule has 1 amide bonds. The second kappa shape index (κ2) is 9.00. The quantitative estimate of drug-likeness (QED) is 0.662. The van der Waals surface area contributed by atoms with Gasteiger partial charge >= 0.3 is 0 Å². The van der Waals surface area contributed by atoms with E-state index in [0.717, 1.165) is 43.5 Å². The summed E-state index contributed by atoms with van der Waals surface area (Å²) in [5.41, 5.74) is 2.19. The third kappa shape index (κ3) is 4.31. The average molecular weight is 434 g/mol. The molecule has 2 aromatic carbocycles. The van der Waals surface area contributed by atoms with Crippen molar-refractivity contribution in [3.63, 3.8) is 0 Å². The highest BCUT2D eigenvalue weighted by molar-refractivity contribution is 5.95. The van der Waals surface area contributed by atoms with Gasteiger partial charge in [-0.15, -0.1) is 0 Å². The molecule has 1 fully saturated rings. The Hall–Kier alpha value is -3.39. The molecule has 0 spiro atoms. The Morgan fingerprint density at radius 3 is 2.66 bits per heavy atom. The topological polar surface area (TPSA) is 85.7 Å². The molecule has 8 heteroatoms. The molecule has 0 radical (unpaired) electrons. The van der Waals surface area contributed by atoms with Gasteiger partial charge in [0.2, 0.25) is 0 Å². The van der Waals surface area contributed by atoms with E-state index in [-0.39, 0.29) is 17.5 Å². The van der Waals surface area contributed by atoms with Crippen molar-refractivity contribution in [2.45, 2.75) is 25.4 Å². The molecule has 3 aromatic rings. The lowest BCUT2D eigenvalue weighted by atomic mass is 10.0. The zero-order chi connectivity index (χ0) is 21.9. The number of fused-ring (bicyclic) bond motifs is 2. The van der Waals surface area contributed by atoms with E-state index in [2.05, 4.69) is 15.2 Å². The average Bonchev–Trinajstić information content (AvgIpc) is 2.84. The van der Waals surface area contributed by atoms with Crippen LogP contribution in [0.4, 0.5) is 0 Å². The van der Waals surface area contributed by atoms with Crippen molar-refractivity contribution in [2.75, 3.05) is 32.8 Å². The maximum absolute atomic E-state index is 12.7. The molecule has 1 N–H and O–H groups in total. The third-order valence-electron chi connectivity index (χ3n) is 6.12. The lowest BCUT2D eigenvalue weighted by molar-refractivity contribution is 0.0909. The van der Waals surface area contributed by atoms with Crippen molar-refractivity contribution < 1.29 is 14.3 Å². The van der Waals surface area contributed by atoms with Gasteiger partial charge in [-0.05, 0) is 43.2 Å². The van der Waals surface area contributed by atoms with E-state index in [1.54, 1.807) is 22.8 Å². The summed E-state index contributed by atoms with van der Waals surface area (Å²) in [6.45, 7) is 4.20. The Bertz CT molecular complexity index is 1180. The highest BCUT2D eigenvalue weighted by Crippen LogP contribution is 2.30. The molecule has 5 rings (SSSR count). The van der Waals surface area contributed by atoms with E-state index >= 15 is 0 Å². The highest BCUT2D eigenvalue weighted by Gasteiger charge is 2.22. The first-order chi connectivity index (χ1) is 15.7. The fraction of sp³-hybridized carbons (Fsp3) is 0.375. The first-order valence-electron chi connectivity index (χ1n) is 11.0. The summed E-state index contributed by atoms with van der Waals surface area (Å²) in [5.74, 6) is 1.22. The summed E-state index contributed by atoms with van der Waals surface area (Å²) >= 11 is 0. The van der Waals surface area contributed by atoms with Gasteiger partial charge in [0, 0.05) is 37.8 Å². The fourth-order valence-electron chi connectivity index (χ4n) is 4.34. The van der Waals surface area contributed by atoms with Crippen molar-refractivity contribution in [3.8, 4) is 11.5 Å². The van der Waals surface area contributed by atoms with Gasteiger partial charge in [0.1, 0.15) is 13.2 Å². The van der Waals surface area contributed by atoms with E-state index in [9.17, 15) is 9.59 Å². The molecule has 0 unspecified atom stereocenters. The van der Waals surface area contributed by atoms with E-state index in [1.807, 2.05) is 24.3 Å². The number of rotatable bonds is 5. The van der Waals surface area contributed by atoms with E-state index < -0.39 is 0 Å². The van der Waals surface area contributed by atoms with Crippen molar-refractivity contribution >= 4 is 16.9 Å². The number of amides is 1. The summed E-state index contributed by atoms with van der Waals surface area (Å²) in [6.07, 6.45) is 3.15. The van der Waals surface area contributed by atoms with Crippen LogP contribution in [0.5, 0.6) is 11.5 Å². The summed E-state index contributed by atoms with van der Waals surface area (Å²) in [6, 6.07) is 13.1. The SMILES string of the molecule is O=C(NC1CCN(CCn2c(=O)cnc3ccccc32)CC1)c1ccc2c(c1)OCCO2. The summed E-state index contributed by atoms with van der Waals surface area (Å²) in [5, 5.41) is 3.14. The van der Waals surface area contributed by atoms with E-state index in [0.29, 0.717) is 36.8 Å². The number of hydrogen-bond acceptors (Lipinski definition) is 6. The van der Waals surface area contributed by atoms with Crippen LogP contribution in [0.25, 0.3) is 11.0 Å². The normalized spacial score (nSPS) is 16.8. The zero-order valence-electron chi connectivity index (χ0n) is 17.8. The number of nitrogens with one attached hydrogen (secondary N) is 1. The molecule has 0 bridgehead atoms. The Kier molecular flexibility index (Phi) is 5.77. The van der Waals surface area contributed by atoms with Crippen LogP contribution in [0, 0.1) is 0 Å². The number of likely N-dealkylation sites (tertiary alicyclic amines) is 1. The number of nitrogens with zero attached hydrogens (tertiary/aromatic N) is 3. The fourth-order valence-corrected chi connectivity index (χ4v) is 4.34. The van der Waals surface area contributed by atoms with Crippen LogP contribution in [0.2, 0.25) is 0 Å². The monoisotopic (exact) mass is 434 g/mol. The second-order valence-electron chi connectivity index (χ2n) is 8.18. The predicted molar refractivity (Wildman–Crippen MR) is 120 cm³/mol. The van der Waals surface area contributed by atoms with Gasteiger partial charge in [-0.1, -0.05) is 12.1 Å². The van der Waals surface area contributed by atoms with Gasteiger partial charge in [-0.25, -0.2) is 4.98 Å². The summed E-state index contributed by atoms with van der Waals surface area (Å²) < 4.78 is 12.9. The van der Waals surface area contributed by atoms with Gasteiger partial charge in [-0.2, -0.15) is 0 Å². The molecular formula is C24H26N4O4. The highest BCUT2D eigenvalue weighted by atomic mass is 16.6. The molecule has 2 aliphatic heterocycles. The largest absolute Gasteiger partial charge is 0.486 e. The number of carbonyl (C=O) groups excluding carboxylic acids is 1. The number of para-hydroxylation sites is 2. The molecule has 8 nitrogen and oxygen atoms in total. The Morgan fingerprint density at radius 1 is 1.03 bits per heavy atom.